The van der Waals surface area contributed by atoms with E-state index in [1.54, 1.807) is 12.4 Å². The summed E-state index contributed by atoms with van der Waals surface area (Å²) < 4.78 is 0. The highest BCUT2D eigenvalue weighted by atomic mass is 35.5. The van der Waals surface area contributed by atoms with Crippen LogP contribution in [0.5, 0.6) is 0 Å². The second-order valence-corrected chi connectivity index (χ2v) is 3.19. The van der Waals surface area contributed by atoms with Crippen molar-refractivity contribution in [3.05, 3.63) is 36.7 Å². The molecule has 92 valence electrons. The molecule has 17 heavy (non-hydrogen) atoms. The maximum atomic E-state index is 11.1. The fourth-order valence-electron chi connectivity index (χ4n) is 1.37. The van der Waals surface area contributed by atoms with E-state index in [0.29, 0.717) is 0 Å². The van der Waals surface area contributed by atoms with Crippen molar-refractivity contribution in [2.45, 2.75) is 0 Å². The second-order valence-electron chi connectivity index (χ2n) is 3.19. The highest BCUT2D eigenvalue weighted by Crippen LogP contribution is 2.17. The van der Waals surface area contributed by atoms with Gasteiger partial charge in [-0.2, -0.15) is 0 Å². The Bertz CT molecular complexity index is 505. The number of aromatic nitrogens is 1. The van der Waals surface area contributed by atoms with Gasteiger partial charge in [-0.1, -0.05) is 6.07 Å². The molecule has 1 amide bonds. The second kappa shape index (κ2) is 7.06. The van der Waals surface area contributed by atoms with Crippen LogP contribution in [0.2, 0.25) is 0 Å². The van der Waals surface area contributed by atoms with Gasteiger partial charge in [-0.05, 0) is 23.6 Å². The number of fused-ring (bicyclic) bond motifs is 1. The number of rotatable bonds is 2. The van der Waals surface area contributed by atoms with Crippen LogP contribution in [0.15, 0.2) is 36.7 Å². The summed E-state index contributed by atoms with van der Waals surface area (Å²) in [4.78, 5) is 15.1. The molecule has 0 spiro atoms. The van der Waals surface area contributed by atoms with Gasteiger partial charge in [0.2, 0.25) is 5.91 Å². The van der Waals surface area contributed by atoms with Crippen molar-refractivity contribution in [2.24, 2.45) is 5.73 Å². The third-order valence-electron chi connectivity index (χ3n) is 2.11. The number of carbonyl (C=O) groups is 1. The standard InChI is InChI=1S/C11H11N3O.2ClH/c12-6-11(15)14-10-2-1-9-7-13-4-3-8(9)5-10;;/h1-5,7H,6,12H2,(H,14,15);2*1H. The van der Waals surface area contributed by atoms with Crippen LogP contribution in [0, 0.1) is 0 Å². The molecule has 4 nitrogen and oxygen atoms in total. The van der Waals surface area contributed by atoms with Crippen molar-refractivity contribution in [2.75, 3.05) is 11.9 Å². The van der Waals surface area contributed by atoms with Gasteiger partial charge in [0.25, 0.3) is 0 Å². The van der Waals surface area contributed by atoms with Crippen LogP contribution in [0.4, 0.5) is 5.69 Å². The van der Waals surface area contributed by atoms with Gasteiger partial charge in [-0.15, -0.1) is 24.8 Å². The van der Waals surface area contributed by atoms with E-state index in [4.69, 9.17) is 5.73 Å². The third kappa shape index (κ3) is 3.85. The number of halogens is 2. The molecular formula is C11H13Cl2N3O. The van der Waals surface area contributed by atoms with Crippen molar-refractivity contribution < 1.29 is 4.79 Å². The van der Waals surface area contributed by atoms with Gasteiger partial charge in [0.1, 0.15) is 0 Å². The van der Waals surface area contributed by atoms with Gasteiger partial charge in [0, 0.05) is 23.5 Å². The lowest BCUT2D eigenvalue weighted by Crippen LogP contribution is -2.21. The van der Waals surface area contributed by atoms with Gasteiger partial charge in [0.15, 0.2) is 0 Å². The van der Waals surface area contributed by atoms with Crippen molar-refractivity contribution in [1.29, 1.82) is 0 Å². The molecule has 0 aliphatic rings. The molecule has 0 unspecified atom stereocenters. The van der Waals surface area contributed by atoms with Crippen LogP contribution in [0.3, 0.4) is 0 Å². The van der Waals surface area contributed by atoms with Gasteiger partial charge in [0.05, 0.1) is 6.54 Å². The van der Waals surface area contributed by atoms with Gasteiger partial charge < -0.3 is 11.1 Å². The number of anilines is 1. The summed E-state index contributed by atoms with van der Waals surface area (Å²) in [5.74, 6) is -0.191. The highest BCUT2D eigenvalue weighted by molar-refractivity contribution is 5.95. The van der Waals surface area contributed by atoms with Crippen LogP contribution in [-0.2, 0) is 4.79 Å². The fourth-order valence-corrected chi connectivity index (χ4v) is 1.37. The Kier molecular flexibility index (Phi) is 6.50. The predicted octanol–water partition coefficient (Wildman–Crippen LogP) is 1.98. The molecule has 0 saturated carbocycles. The Labute approximate surface area is 111 Å². The lowest BCUT2D eigenvalue weighted by Gasteiger charge is -2.04. The Balaban J connectivity index is 0.00000128. The number of benzene rings is 1. The molecular weight excluding hydrogens is 261 g/mol. The molecule has 1 heterocycles. The smallest absolute Gasteiger partial charge is 0.238 e. The molecule has 2 rings (SSSR count). The summed E-state index contributed by atoms with van der Waals surface area (Å²) in [6, 6.07) is 7.53. The van der Waals surface area contributed by atoms with Gasteiger partial charge in [-0.25, -0.2) is 0 Å². The van der Waals surface area contributed by atoms with Crippen molar-refractivity contribution in [1.82, 2.24) is 4.98 Å². The summed E-state index contributed by atoms with van der Waals surface area (Å²) in [5.41, 5.74) is 5.96. The topological polar surface area (TPSA) is 68.0 Å². The molecule has 1 aromatic heterocycles. The van der Waals surface area contributed by atoms with E-state index in [1.165, 1.54) is 0 Å². The first-order valence-corrected chi connectivity index (χ1v) is 4.63. The molecule has 0 aliphatic heterocycles. The summed E-state index contributed by atoms with van der Waals surface area (Å²) in [6.45, 7) is -0.00557. The molecule has 0 saturated heterocycles. The average Bonchev–Trinajstić information content (AvgIpc) is 2.29. The van der Waals surface area contributed by atoms with Crippen LogP contribution < -0.4 is 11.1 Å². The third-order valence-corrected chi connectivity index (χ3v) is 2.11. The zero-order valence-corrected chi connectivity index (χ0v) is 10.6. The SMILES string of the molecule is Cl.Cl.NCC(=O)Nc1ccc2cnccc2c1. The first-order chi connectivity index (χ1) is 7.29. The Morgan fingerprint density at radius 1 is 1.24 bits per heavy atom. The maximum absolute atomic E-state index is 11.1. The van der Waals surface area contributed by atoms with Gasteiger partial charge >= 0.3 is 0 Å². The highest BCUT2D eigenvalue weighted by Gasteiger charge is 1.99. The summed E-state index contributed by atoms with van der Waals surface area (Å²) >= 11 is 0. The molecule has 2 aromatic rings. The summed E-state index contributed by atoms with van der Waals surface area (Å²) in [7, 11) is 0. The number of nitrogens with one attached hydrogen (secondary N) is 1. The maximum Gasteiger partial charge on any atom is 0.238 e. The average molecular weight is 274 g/mol. The van der Waals surface area contributed by atoms with Crippen LogP contribution in [0.25, 0.3) is 10.8 Å². The lowest BCUT2D eigenvalue weighted by atomic mass is 10.1. The molecule has 0 radical (unpaired) electrons. The van der Waals surface area contributed by atoms with E-state index in [2.05, 4.69) is 10.3 Å². The number of hydrogen-bond acceptors (Lipinski definition) is 3. The minimum Gasteiger partial charge on any atom is -0.325 e. The first kappa shape index (κ1) is 15.6. The summed E-state index contributed by atoms with van der Waals surface area (Å²) in [6.07, 6.45) is 3.50. The normalized spacial score (nSPS) is 9.00. The minimum atomic E-state index is -0.191. The van der Waals surface area contributed by atoms with Crippen LogP contribution in [0.1, 0.15) is 0 Å². The van der Waals surface area contributed by atoms with Crippen molar-refractivity contribution in [3.63, 3.8) is 0 Å². The largest absolute Gasteiger partial charge is 0.325 e. The Morgan fingerprint density at radius 2 is 2.00 bits per heavy atom. The monoisotopic (exact) mass is 273 g/mol. The Hall–Kier alpha value is -1.36. The first-order valence-electron chi connectivity index (χ1n) is 4.63. The number of carbonyl (C=O) groups excluding carboxylic acids is 1. The number of nitrogens with two attached hydrogens (primary N) is 1. The lowest BCUT2D eigenvalue weighted by molar-refractivity contribution is -0.114. The van der Waals surface area contributed by atoms with Gasteiger partial charge in [-0.3, -0.25) is 9.78 Å². The van der Waals surface area contributed by atoms with Crippen LogP contribution >= 0.6 is 24.8 Å². The van der Waals surface area contributed by atoms with E-state index in [0.717, 1.165) is 16.5 Å². The van der Waals surface area contributed by atoms with Crippen molar-refractivity contribution >= 4 is 47.2 Å². The molecule has 0 aliphatic carbocycles. The zero-order valence-electron chi connectivity index (χ0n) is 8.92. The van der Waals surface area contributed by atoms with E-state index >= 15 is 0 Å². The number of pyridine rings is 1. The van der Waals surface area contributed by atoms with E-state index in [9.17, 15) is 4.79 Å². The zero-order chi connectivity index (χ0) is 10.7. The van der Waals surface area contributed by atoms with E-state index in [1.807, 2.05) is 24.3 Å². The minimum absolute atomic E-state index is 0. The number of amides is 1. The molecule has 0 bridgehead atoms. The quantitative estimate of drug-likeness (QED) is 0.879. The molecule has 0 fully saturated rings. The van der Waals surface area contributed by atoms with E-state index < -0.39 is 0 Å². The van der Waals surface area contributed by atoms with Crippen LogP contribution in [-0.4, -0.2) is 17.4 Å². The Morgan fingerprint density at radius 3 is 2.71 bits per heavy atom. The van der Waals surface area contributed by atoms with E-state index in [-0.39, 0.29) is 37.3 Å². The van der Waals surface area contributed by atoms with Crippen molar-refractivity contribution in [3.8, 4) is 0 Å². The molecule has 3 N–H and O–H groups in total. The fraction of sp³-hybridized carbons (Fsp3) is 0.0909. The number of nitrogens with zero attached hydrogens (tertiary/aromatic N) is 1. The summed E-state index contributed by atoms with van der Waals surface area (Å²) in [5, 5.41) is 4.79. The predicted molar refractivity (Wildman–Crippen MR) is 73.9 cm³/mol. The number of hydrogen-bond donors (Lipinski definition) is 2. The molecule has 0 atom stereocenters. The molecule has 6 heteroatoms. The molecule has 1 aromatic carbocycles.